The van der Waals surface area contributed by atoms with Gasteiger partial charge in [0, 0.05) is 29.6 Å². The quantitative estimate of drug-likeness (QED) is 0.253. The molecule has 1 aliphatic heterocycles. The molecule has 0 radical (unpaired) electrons. The summed E-state index contributed by atoms with van der Waals surface area (Å²) in [5, 5.41) is 4.05. The van der Waals surface area contributed by atoms with Crippen molar-refractivity contribution in [3.8, 4) is 11.5 Å². The van der Waals surface area contributed by atoms with E-state index in [1.165, 1.54) is 13.1 Å². The number of carbonyl (C=O) groups excluding carboxylic acids is 1. The van der Waals surface area contributed by atoms with Crippen LogP contribution in [0.1, 0.15) is 21.7 Å². The number of carbonyl (C=O) groups is 1. The van der Waals surface area contributed by atoms with Crippen molar-refractivity contribution in [2.24, 2.45) is 0 Å². The Morgan fingerprint density at radius 2 is 2.03 bits per heavy atom. The number of aryl methyl sites for hydroxylation is 1. The average Bonchev–Trinajstić information content (AvgIpc) is 3.50. The Labute approximate surface area is 192 Å². The summed E-state index contributed by atoms with van der Waals surface area (Å²) < 4.78 is 38.6. The summed E-state index contributed by atoms with van der Waals surface area (Å²) in [6, 6.07) is 11.3. The van der Waals surface area contributed by atoms with E-state index < -0.39 is 16.0 Å². The van der Waals surface area contributed by atoms with Gasteiger partial charge >= 0.3 is 5.97 Å². The van der Waals surface area contributed by atoms with Crippen molar-refractivity contribution >= 4 is 44.4 Å². The number of esters is 1. The third-order valence-corrected chi connectivity index (χ3v) is 7.42. The minimum absolute atomic E-state index is 0.0467. The van der Waals surface area contributed by atoms with Crippen molar-refractivity contribution in [3.63, 3.8) is 0 Å². The predicted molar refractivity (Wildman–Crippen MR) is 117 cm³/mol. The van der Waals surface area contributed by atoms with E-state index >= 15 is 0 Å². The van der Waals surface area contributed by atoms with E-state index in [0.717, 1.165) is 9.87 Å². The van der Waals surface area contributed by atoms with E-state index in [2.05, 4.69) is 10.1 Å². The molecule has 12 heteroatoms. The van der Waals surface area contributed by atoms with Crippen molar-refractivity contribution in [2.45, 2.75) is 18.4 Å². The Morgan fingerprint density at radius 1 is 1.24 bits per heavy atom. The summed E-state index contributed by atoms with van der Waals surface area (Å²) in [6.07, 6.45) is 0. The topological polar surface area (TPSA) is 124 Å². The van der Waals surface area contributed by atoms with E-state index in [1.54, 1.807) is 43.3 Å². The molecule has 10 nitrogen and oxygen atoms in total. The van der Waals surface area contributed by atoms with Crippen molar-refractivity contribution in [1.82, 2.24) is 10.1 Å². The van der Waals surface area contributed by atoms with Crippen LogP contribution < -0.4 is 13.9 Å². The summed E-state index contributed by atoms with van der Waals surface area (Å²) in [6.45, 7) is 1.86. The van der Waals surface area contributed by atoms with Crippen LogP contribution in [0.25, 0.3) is 10.9 Å². The lowest BCUT2D eigenvalue weighted by atomic mass is 10.2. The maximum Gasteiger partial charge on any atom is 0.361 e. The highest BCUT2D eigenvalue weighted by Crippen LogP contribution is 2.36. The summed E-state index contributed by atoms with van der Waals surface area (Å²) in [4.78, 5) is 25.6. The summed E-state index contributed by atoms with van der Waals surface area (Å²) in [5.74, 6) is -0.500. The first-order valence-electron chi connectivity index (χ1n) is 9.63. The van der Waals surface area contributed by atoms with Crippen molar-refractivity contribution in [1.29, 1.82) is 0 Å². The number of sulfonamides is 1. The molecule has 2 aromatic heterocycles. The zero-order valence-electron chi connectivity index (χ0n) is 17.3. The van der Waals surface area contributed by atoms with Gasteiger partial charge < -0.3 is 19.1 Å². The highest BCUT2D eigenvalue weighted by Gasteiger charge is 2.35. The summed E-state index contributed by atoms with van der Waals surface area (Å²) in [7, 11) is -3.06. The van der Waals surface area contributed by atoms with Gasteiger partial charge in [0.05, 0.1) is 0 Å². The van der Waals surface area contributed by atoms with Crippen LogP contribution in [0.3, 0.4) is 0 Å². The highest BCUT2D eigenvalue weighted by molar-refractivity contribution is 7.93. The molecule has 0 unspecified atom stereocenters. The van der Waals surface area contributed by atoms with Crippen LogP contribution in [0, 0.1) is 6.92 Å². The molecular formula is C21H16ClN3O7S. The number of aromatic amines is 1. The minimum atomic E-state index is -4.32. The highest BCUT2D eigenvalue weighted by atomic mass is 35.5. The van der Waals surface area contributed by atoms with E-state index in [9.17, 15) is 13.2 Å². The van der Waals surface area contributed by atoms with Gasteiger partial charge in [-0.05, 0) is 25.1 Å². The van der Waals surface area contributed by atoms with Crippen LogP contribution in [0.4, 0.5) is 5.88 Å². The molecular weight excluding hydrogens is 474 g/mol. The molecule has 4 aromatic rings. The number of H-pyrrole nitrogens is 1. The molecule has 0 atom stereocenters. The van der Waals surface area contributed by atoms with E-state index in [0.29, 0.717) is 22.3 Å². The molecule has 5 rings (SSSR count). The minimum Gasteiger partial charge on any atom is -0.422 e. The number of ether oxygens (including phenoxy) is 1. The van der Waals surface area contributed by atoms with Gasteiger partial charge in [-0.25, -0.2) is 17.5 Å². The fraction of sp³-hybridized carbons (Fsp3) is 0.143. The number of para-hydroxylation sites is 1. The van der Waals surface area contributed by atoms with Crippen LogP contribution in [-0.2, 0) is 21.5 Å². The van der Waals surface area contributed by atoms with Crippen LogP contribution in [-0.4, -0.2) is 31.6 Å². The van der Waals surface area contributed by atoms with Crippen LogP contribution >= 0.6 is 11.6 Å². The lowest BCUT2D eigenvalue weighted by Crippen LogP contribution is -2.28. The number of rotatable bonds is 5. The fourth-order valence-corrected chi connectivity index (χ4v) is 5.14. The average molecular weight is 490 g/mol. The van der Waals surface area contributed by atoms with Crippen LogP contribution in [0.2, 0.25) is 5.02 Å². The maximum atomic E-state index is 13.6. The molecule has 0 saturated carbocycles. The second-order valence-corrected chi connectivity index (χ2v) is 9.52. The van der Waals surface area contributed by atoms with Gasteiger partial charge in [-0.15, -0.1) is 0 Å². The SMILES string of the molecule is Cc1noc(N(C)S(=O)(=O)c2c(C(=O)Oc3ccc4c(c3)OOC4)[nH]c3ccccc23)c1Cl. The third kappa shape index (κ3) is 3.50. The third-order valence-electron chi connectivity index (χ3n) is 5.15. The first-order chi connectivity index (χ1) is 15.8. The van der Waals surface area contributed by atoms with Gasteiger partial charge in [-0.2, -0.15) is 4.89 Å². The van der Waals surface area contributed by atoms with Gasteiger partial charge in [-0.3, -0.25) is 0 Å². The molecule has 0 aliphatic carbocycles. The largest absolute Gasteiger partial charge is 0.422 e. The lowest BCUT2D eigenvalue weighted by molar-refractivity contribution is -0.194. The number of hydrogen-bond acceptors (Lipinski definition) is 8. The van der Waals surface area contributed by atoms with Crippen molar-refractivity contribution in [3.05, 3.63) is 64.4 Å². The molecule has 2 aromatic carbocycles. The van der Waals surface area contributed by atoms with E-state index in [1.807, 2.05) is 0 Å². The number of benzene rings is 2. The second kappa shape index (κ2) is 7.80. The van der Waals surface area contributed by atoms with Gasteiger partial charge in [0.2, 0.25) is 0 Å². The van der Waals surface area contributed by atoms with Gasteiger partial charge in [0.15, 0.2) is 5.75 Å². The molecule has 1 N–H and O–H groups in total. The second-order valence-electron chi connectivity index (χ2n) is 7.24. The van der Waals surface area contributed by atoms with Crippen molar-refractivity contribution in [2.75, 3.05) is 11.4 Å². The maximum absolute atomic E-state index is 13.6. The monoisotopic (exact) mass is 489 g/mol. The standard InChI is InChI=1S/C21H16ClN3O7S/c1-11-17(22)20(31-24-11)25(2)33(27,28)19-14-5-3-4-6-15(14)23-18(19)21(26)30-13-8-7-12-10-29-32-16(12)9-13/h3-9,23H,10H2,1-2H3. The Bertz CT molecular complexity index is 1510. The number of hydrogen-bond donors (Lipinski definition) is 1. The molecule has 170 valence electrons. The number of aromatic nitrogens is 2. The van der Waals surface area contributed by atoms with Crippen LogP contribution in [0.15, 0.2) is 51.9 Å². The zero-order chi connectivity index (χ0) is 23.3. The van der Waals surface area contributed by atoms with Gasteiger partial charge in [-0.1, -0.05) is 35.0 Å². The lowest BCUT2D eigenvalue weighted by Gasteiger charge is -2.17. The predicted octanol–water partition coefficient (Wildman–Crippen LogP) is 3.99. The van der Waals surface area contributed by atoms with Crippen LogP contribution in [0.5, 0.6) is 11.5 Å². The molecule has 0 bridgehead atoms. The van der Waals surface area contributed by atoms with E-state index in [-0.39, 0.29) is 33.9 Å². The van der Waals surface area contributed by atoms with E-state index in [4.69, 9.17) is 30.6 Å². The fourth-order valence-electron chi connectivity index (χ4n) is 3.43. The normalized spacial score (nSPS) is 13.1. The first-order valence-corrected chi connectivity index (χ1v) is 11.4. The molecule has 0 amide bonds. The smallest absolute Gasteiger partial charge is 0.361 e. The Kier molecular flexibility index (Phi) is 5.04. The number of halogens is 1. The molecule has 0 fully saturated rings. The Hall–Kier alpha value is -3.54. The summed E-state index contributed by atoms with van der Waals surface area (Å²) in [5.41, 5.74) is 1.30. The number of anilines is 1. The Morgan fingerprint density at radius 3 is 2.79 bits per heavy atom. The molecule has 0 saturated heterocycles. The van der Waals surface area contributed by atoms with Gasteiger partial charge in [0.25, 0.3) is 15.9 Å². The molecule has 0 spiro atoms. The first kappa shape index (κ1) is 21.3. The molecule has 33 heavy (non-hydrogen) atoms. The van der Waals surface area contributed by atoms with Gasteiger partial charge in [0.1, 0.15) is 33.7 Å². The Balaban J connectivity index is 1.59. The van der Waals surface area contributed by atoms with Crippen molar-refractivity contribution < 1.29 is 32.2 Å². The summed E-state index contributed by atoms with van der Waals surface area (Å²) >= 11 is 6.16. The molecule has 3 heterocycles. The molecule has 1 aliphatic rings. The number of nitrogens with one attached hydrogen (secondary N) is 1. The number of nitrogens with zero attached hydrogens (tertiary/aromatic N) is 2. The number of fused-ring (bicyclic) bond motifs is 2. The zero-order valence-corrected chi connectivity index (χ0v) is 18.9.